The van der Waals surface area contributed by atoms with E-state index in [1.54, 1.807) is 25.2 Å². The van der Waals surface area contributed by atoms with E-state index in [1.807, 2.05) is 32.0 Å². The van der Waals surface area contributed by atoms with E-state index in [0.29, 0.717) is 35.5 Å². The highest BCUT2D eigenvalue weighted by Crippen LogP contribution is 2.20. The summed E-state index contributed by atoms with van der Waals surface area (Å²) in [5.74, 6) is 1.08. The molecule has 0 aliphatic rings. The second kappa shape index (κ2) is 7.73. The fourth-order valence-corrected chi connectivity index (χ4v) is 2.36. The lowest BCUT2D eigenvalue weighted by molar-refractivity contribution is 0.0951. The van der Waals surface area contributed by atoms with Crippen molar-refractivity contribution < 1.29 is 9.32 Å². The summed E-state index contributed by atoms with van der Waals surface area (Å²) in [6, 6.07) is 10.8. The number of benzene rings is 1. The van der Waals surface area contributed by atoms with Crippen molar-refractivity contribution in [1.29, 1.82) is 0 Å². The van der Waals surface area contributed by atoms with E-state index in [9.17, 15) is 4.79 Å². The van der Waals surface area contributed by atoms with Crippen LogP contribution in [0.15, 0.2) is 40.9 Å². The molecule has 1 unspecified atom stereocenters. The Morgan fingerprint density at radius 1 is 1.19 bits per heavy atom. The van der Waals surface area contributed by atoms with Crippen molar-refractivity contribution in [2.24, 2.45) is 0 Å². The van der Waals surface area contributed by atoms with Crippen LogP contribution in [-0.2, 0) is 0 Å². The lowest BCUT2D eigenvalue weighted by Gasteiger charge is -2.08. The van der Waals surface area contributed by atoms with Gasteiger partial charge in [-0.2, -0.15) is 4.98 Å². The molecule has 8 heteroatoms. The molecule has 0 aliphatic carbocycles. The number of anilines is 1. The van der Waals surface area contributed by atoms with Gasteiger partial charge in [0.2, 0.25) is 5.95 Å². The zero-order chi connectivity index (χ0) is 18.5. The average Bonchev–Trinajstić information content (AvgIpc) is 3.16. The first kappa shape index (κ1) is 17.5. The van der Waals surface area contributed by atoms with Crippen molar-refractivity contribution in [2.75, 3.05) is 18.9 Å². The molecule has 0 aliphatic heterocycles. The summed E-state index contributed by atoms with van der Waals surface area (Å²) in [7, 11) is 1.75. The monoisotopic (exact) mass is 352 g/mol. The van der Waals surface area contributed by atoms with Gasteiger partial charge in [0, 0.05) is 30.8 Å². The van der Waals surface area contributed by atoms with Crippen LogP contribution in [0.4, 0.5) is 5.95 Å². The van der Waals surface area contributed by atoms with Crippen LogP contribution in [0.1, 0.15) is 34.7 Å². The van der Waals surface area contributed by atoms with Crippen LogP contribution in [0.25, 0.3) is 11.6 Å². The molecule has 0 saturated carbocycles. The predicted octanol–water partition coefficient (Wildman–Crippen LogP) is 2.41. The van der Waals surface area contributed by atoms with E-state index in [0.717, 1.165) is 5.69 Å². The number of rotatable bonds is 6. The van der Waals surface area contributed by atoms with Crippen LogP contribution in [0.3, 0.4) is 0 Å². The lowest BCUT2D eigenvalue weighted by Crippen LogP contribution is -2.27. The lowest BCUT2D eigenvalue weighted by atomic mass is 10.1. The minimum Gasteiger partial charge on any atom is -0.357 e. The van der Waals surface area contributed by atoms with Gasteiger partial charge in [-0.05, 0) is 25.1 Å². The van der Waals surface area contributed by atoms with Crippen LogP contribution in [0.5, 0.6) is 0 Å². The highest BCUT2D eigenvalue weighted by molar-refractivity contribution is 5.94. The molecular formula is C18H20N6O2. The van der Waals surface area contributed by atoms with Crippen molar-refractivity contribution in [3.05, 3.63) is 53.5 Å². The Kier molecular flexibility index (Phi) is 5.21. The Balaban J connectivity index is 1.67. The Bertz CT molecular complexity index is 894. The first-order valence-electron chi connectivity index (χ1n) is 8.27. The molecular weight excluding hydrogens is 332 g/mol. The zero-order valence-electron chi connectivity index (χ0n) is 14.9. The normalized spacial score (nSPS) is 11.8. The van der Waals surface area contributed by atoms with Crippen LogP contribution < -0.4 is 10.6 Å². The summed E-state index contributed by atoms with van der Waals surface area (Å²) in [4.78, 5) is 25.1. The highest BCUT2D eigenvalue weighted by atomic mass is 16.5. The molecule has 1 amide bonds. The minimum atomic E-state index is -0.133. The molecule has 0 radical (unpaired) electrons. The number of amides is 1. The second-order valence-corrected chi connectivity index (χ2v) is 5.90. The maximum atomic E-state index is 12.1. The Morgan fingerprint density at radius 3 is 2.69 bits per heavy atom. The standard InChI is InChI=1S/C18H20N6O2/c1-11(10-20-16(25)13-7-5-4-6-8-13)15-23-17(26-24-15)14-9-12(2)21-18(19-3)22-14/h4-9,11H,10H2,1-3H3,(H,20,25)(H,19,21,22). The Morgan fingerprint density at radius 2 is 1.96 bits per heavy atom. The van der Waals surface area contributed by atoms with Crippen molar-refractivity contribution >= 4 is 11.9 Å². The fourth-order valence-electron chi connectivity index (χ4n) is 2.36. The SMILES string of the molecule is CNc1nc(C)cc(-c2nc(C(C)CNC(=O)c3ccccc3)no2)n1. The van der Waals surface area contributed by atoms with Gasteiger partial charge in [0.25, 0.3) is 11.8 Å². The third kappa shape index (κ3) is 4.02. The van der Waals surface area contributed by atoms with E-state index in [4.69, 9.17) is 4.52 Å². The molecule has 134 valence electrons. The van der Waals surface area contributed by atoms with Crippen molar-refractivity contribution in [3.63, 3.8) is 0 Å². The predicted molar refractivity (Wildman–Crippen MR) is 96.8 cm³/mol. The number of carbonyl (C=O) groups is 1. The fraction of sp³-hybridized carbons (Fsp3) is 0.278. The molecule has 8 nitrogen and oxygen atoms in total. The van der Waals surface area contributed by atoms with Gasteiger partial charge in [-0.15, -0.1) is 0 Å². The molecule has 3 aromatic rings. The van der Waals surface area contributed by atoms with Crippen LogP contribution in [-0.4, -0.2) is 39.6 Å². The third-order valence-electron chi connectivity index (χ3n) is 3.78. The first-order chi connectivity index (χ1) is 12.6. The van der Waals surface area contributed by atoms with Crippen LogP contribution >= 0.6 is 0 Å². The topological polar surface area (TPSA) is 106 Å². The number of nitrogens with one attached hydrogen (secondary N) is 2. The third-order valence-corrected chi connectivity index (χ3v) is 3.78. The number of aryl methyl sites for hydroxylation is 1. The maximum Gasteiger partial charge on any atom is 0.276 e. The summed E-state index contributed by atoms with van der Waals surface area (Å²) < 4.78 is 5.33. The first-order valence-corrected chi connectivity index (χ1v) is 8.27. The van der Waals surface area contributed by atoms with Crippen LogP contribution in [0.2, 0.25) is 0 Å². The summed E-state index contributed by atoms with van der Waals surface area (Å²) in [6.45, 7) is 4.19. The van der Waals surface area contributed by atoms with Gasteiger partial charge < -0.3 is 15.2 Å². The molecule has 0 saturated heterocycles. The molecule has 2 N–H and O–H groups in total. The van der Waals surface area contributed by atoms with Crippen LogP contribution in [0, 0.1) is 6.92 Å². The van der Waals surface area contributed by atoms with Gasteiger partial charge in [0.15, 0.2) is 5.82 Å². The quantitative estimate of drug-likeness (QED) is 0.701. The molecule has 2 aromatic heterocycles. The smallest absolute Gasteiger partial charge is 0.276 e. The number of hydrogen-bond acceptors (Lipinski definition) is 7. The van der Waals surface area contributed by atoms with Gasteiger partial charge in [-0.3, -0.25) is 4.79 Å². The molecule has 0 bridgehead atoms. The van der Waals surface area contributed by atoms with Crippen molar-refractivity contribution in [1.82, 2.24) is 25.4 Å². The van der Waals surface area contributed by atoms with Crippen molar-refractivity contribution in [3.8, 4) is 11.6 Å². The van der Waals surface area contributed by atoms with E-state index in [1.165, 1.54) is 0 Å². The highest BCUT2D eigenvalue weighted by Gasteiger charge is 2.17. The van der Waals surface area contributed by atoms with E-state index < -0.39 is 0 Å². The van der Waals surface area contributed by atoms with Gasteiger partial charge in [-0.25, -0.2) is 9.97 Å². The summed E-state index contributed by atoms with van der Waals surface area (Å²) in [5, 5.41) is 9.78. The Hall–Kier alpha value is -3.29. The molecule has 0 fully saturated rings. The molecule has 2 heterocycles. The Labute approximate surface area is 151 Å². The molecule has 1 atom stereocenters. The van der Waals surface area contributed by atoms with Gasteiger partial charge in [0.1, 0.15) is 5.69 Å². The summed E-state index contributed by atoms with van der Waals surface area (Å²) in [5.41, 5.74) is 1.97. The second-order valence-electron chi connectivity index (χ2n) is 5.90. The summed E-state index contributed by atoms with van der Waals surface area (Å²) in [6.07, 6.45) is 0. The van der Waals surface area contributed by atoms with E-state index >= 15 is 0 Å². The molecule has 3 rings (SSSR count). The number of carbonyl (C=O) groups excluding carboxylic acids is 1. The molecule has 0 spiro atoms. The zero-order valence-corrected chi connectivity index (χ0v) is 14.9. The average molecular weight is 352 g/mol. The number of hydrogen-bond donors (Lipinski definition) is 2. The molecule has 1 aromatic carbocycles. The van der Waals surface area contributed by atoms with Gasteiger partial charge in [0.05, 0.1) is 0 Å². The largest absolute Gasteiger partial charge is 0.357 e. The van der Waals surface area contributed by atoms with Gasteiger partial charge >= 0.3 is 0 Å². The number of nitrogens with zero attached hydrogens (tertiary/aromatic N) is 4. The minimum absolute atomic E-state index is 0.105. The van der Waals surface area contributed by atoms with Crippen molar-refractivity contribution in [2.45, 2.75) is 19.8 Å². The molecule has 26 heavy (non-hydrogen) atoms. The maximum absolute atomic E-state index is 12.1. The van der Waals surface area contributed by atoms with E-state index in [-0.39, 0.29) is 11.8 Å². The summed E-state index contributed by atoms with van der Waals surface area (Å²) >= 11 is 0. The van der Waals surface area contributed by atoms with E-state index in [2.05, 4.69) is 30.7 Å². The number of aromatic nitrogens is 4. The van der Waals surface area contributed by atoms with Gasteiger partial charge in [-0.1, -0.05) is 30.3 Å².